The van der Waals surface area contributed by atoms with Crippen LogP contribution < -0.4 is 15.1 Å². The zero-order valence-corrected chi connectivity index (χ0v) is 18.8. The largest absolute Gasteiger partial charge is 0.378 e. The van der Waals surface area contributed by atoms with Crippen molar-refractivity contribution in [2.75, 3.05) is 49.2 Å². The molecule has 2 aliphatic rings. The van der Waals surface area contributed by atoms with Crippen LogP contribution in [0.4, 0.5) is 17.5 Å². The number of ether oxygens (including phenoxy) is 1. The van der Waals surface area contributed by atoms with E-state index in [4.69, 9.17) is 14.7 Å². The number of pyridine rings is 1. The van der Waals surface area contributed by atoms with Crippen molar-refractivity contribution in [3.8, 4) is 11.3 Å². The van der Waals surface area contributed by atoms with Crippen molar-refractivity contribution in [1.29, 1.82) is 0 Å². The summed E-state index contributed by atoms with van der Waals surface area (Å²) >= 11 is 0. The average Bonchev–Trinajstić information content (AvgIpc) is 3.32. The van der Waals surface area contributed by atoms with Crippen molar-refractivity contribution in [3.63, 3.8) is 0 Å². The van der Waals surface area contributed by atoms with Crippen molar-refractivity contribution >= 4 is 23.4 Å². The summed E-state index contributed by atoms with van der Waals surface area (Å²) in [6.07, 6.45) is 5.34. The average molecular weight is 445 g/mol. The van der Waals surface area contributed by atoms with Crippen LogP contribution >= 0.6 is 0 Å². The zero-order valence-electron chi connectivity index (χ0n) is 18.8. The third kappa shape index (κ3) is 4.39. The van der Waals surface area contributed by atoms with Gasteiger partial charge in [0, 0.05) is 61.0 Å². The topological polar surface area (TPSA) is 83.5 Å². The molecule has 0 saturated carbocycles. The molecule has 2 aliphatic heterocycles. The standard InChI is InChI=1S/C25H28N6O2/c1-2-9-27-24(32)19-5-3-4-18(17-19)22-21-8-12-31(20-6-10-26-11-7-20)23(21)29-25(28-22)30-13-15-33-16-14-30/h3-7,10-11,17H,2,8-9,12-16H2,1H3,(H,27,32). The smallest absolute Gasteiger partial charge is 0.251 e. The molecule has 0 unspecified atom stereocenters. The van der Waals surface area contributed by atoms with Crippen LogP contribution in [0, 0.1) is 0 Å². The molecular weight excluding hydrogens is 416 g/mol. The number of nitrogens with one attached hydrogen (secondary N) is 1. The molecule has 170 valence electrons. The molecule has 0 radical (unpaired) electrons. The number of nitrogens with zero attached hydrogens (tertiary/aromatic N) is 5. The summed E-state index contributed by atoms with van der Waals surface area (Å²) in [7, 11) is 0. The van der Waals surface area contributed by atoms with Gasteiger partial charge in [-0.2, -0.15) is 4.98 Å². The van der Waals surface area contributed by atoms with E-state index in [2.05, 4.69) is 20.1 Å². The van der Waals surface area contributed by atoms with Gasteiger partial charge in [-0.3, -0.25) is 9.78 Å². The van der Waals surface area contributed by atoms with Gasteiger partial charge in [0.25, 0.3) is 5.91 Å². The van der Waals surface area contributed by atoms with E-state index in [0.717, 1.165) is 60.8 Å². The Balaban J connectivity index is 1.59. The summed E-state index contributed by atoms with van der Waals surface area (Å²) in [4.78, 5) is 31.2. The molecule has 1 saturated heterocycles. The van der Waals surface area contributed by atoms with Gasteiger partial charge in [-0.25, -0.2) is 4.98 Å². The monoisotopic (exact) mass is 444 g/mol. The molecule has 0 aliphatic carbocycles. The molecule has 5 rings (SSSR count). The summed E-state index contributed by atoms with van der Waals surface area (Å²) in [5.74, 6) is 1.57. The third-order valence-electron chi connectivity index (χ3n) is 6.02. The Morgan fingerprint density at radius 2 is 1.91 bits per heavy atom. The second-order valence-electron chi connectivity index (χ2n) is 8.22. The Morgan fingerprint density at radius 3 is 2.70 bits per heavy atom. The van der Waals surface area contributed by atoms with Gasteiger partial charge >= 0.3 is 0 Å². The normalized spacial score (nSPS) is 15.4. The number of hydrogen-bond donors (Lipinski definition) is 1. The number of carbonyl (C=O) groups excluding carboxylic acids is 1. The first kappa shape index (κ1) is 21.3. The summed E-state index contributed by atoms with van der Waals surface area (Å²) in [5, 5.41) is 2.96. The summed E-state index contributed by atoms with van der Waals surface area (Å²) in [5.41, 5.74) is 4.64. The van der Waals surface area contributed by atoms with E-state index >= 15 is 0 Å². The molecule has 33 heavy (non-hydrogen) atoms. The van der Waals surface area contributed by atoms with Crippen molar-refractivity contribution in [3.05, 3.63) is 59.9 Å². The van der Waals surface area contributed by atoms with E-state index in [1.165, 1.54) is 0 Å². The molecule has 4 heterocycles. The second kappa shape index (κ2) is 9.54. The highest BCUT2D eigenvalue weighted by Gasteiger charge is 2.29. The van der Waals surface area contributed by atoms with E-state index in [-0.39, 0.29) is 5.91 Å². The Kier molecular flexibility index (Phi) is 6.17. The summed E-state index contributed by atoms with van der Waals surface area (Å²) in [6.45, 7) is 6.37. The van der Waals surface area contributed by atoms with Crippen molar-refractivity contribution in [1.82, 2.24) is 20.3 Å². The molecule has 1 amide bonds. The Hall–Kier alpha value is -3.52. The van der Waals surface area contributed by atoms with Gasteiger partial charge in [0.2, 0.25) is 5.95 Å². The maximum atomic E-state index is 12.6. The van der Waals surface area contributed by atoms with Crippen LogP contribution in [0.25, 0.3) is 11.3 Å². The Labute approximate surface area is 193 Å². The molecule has 8 heteroatoms. The van der Waals surface area contributed by atoms with Gasteiger partial charge in [0.15, 0.2) is 0 Å². The maximum absolute atomic E-state index is 12.6. The van der Waals surface area contributed by atoms with Crippen LogP contribution in [-0.2, 0) is 11.2 Å². The van der Waals surface area contributed by atoms with Gasteiger partial charge in [-0.1, -0.05) is 19.1 Å². The molecule has 3 aromatic rings. The number of carbonyl (C=O) groups is 1. The fraction of sp³-hybridized carbons (Fsp3) is 0.360. The lowest BCUT2D eigenvalue weighted by Crippen LogP contribution is -2.37. The lowest BCUT2D eigenvalue weighted by molar-refractivity contribution is 0.0953. The number of anilines is 3. The van der Waals surface area contributed by atoms with E-state index in [1.807, 2.05) is 43.3 Å². The van der Waals surface area contributed by atoms with Gasteiger partial charge < -0.3 is 19.9 Å². The first-order valence-corrected chi connectivity index (χ1v) is 11.5. The highest BCUT2D eigenvalue weighted by atomic mass is 16.5. The van der Waals surface area contributed by atoms with Gasteiger partial charge in [-0.15, -0.1) is 0 Å². The van der Waals surface area contributed by atoms with Crippen LogP contribution in [0.15, 0.2) is 48.8 Å². The predicted octanol–water partition coefficient (Wildman–Crippen LogP) is 3.21. The van der Waals surface area contributed by atoms with E-state index in [9.17, 15) is 4.79 Å². The maximum Gasteiger partial charge on any atom is 0.251 e. The SMILES string of the molecule is CCCNC(=O)c1cccc(-c2nc(N3CCOCC3)nc3c2CCN3c2ccncc2)c1. The Morgan fingerprint density at radius 1 is 1.09 bits per heavy atom. The van der Waals surface area contributed by atoms with Crippen molar-refractivity contribution in [2.45, 2.75) is 19.8 Å². The van der Waals surface area contributed by atoms with Crippen LogP contribution in [-0.4, -0.2) is 60.3 Å². The summed E-state index contributed by atoms with van der Waals surface area (Å²) in [6, 6.07) is 11.7. The first-order valence-electron chi connectivity index (χ1n) is 11.5. The van der Waals surface area contributed by atoms with Gasteiger partial charge in [-0.05, 0) is 37.1 Å². The molecule has 2 aromatic heterocycles. The minimum atomic E-state index is -0.0591. The molecular formula is C25H28N6O2. The van der Waals surface area contributed by atoms with Crippen LogP contribution in [0.5, 0.6) is 0 Å². The minimum absolute atomic E-state index is 0.0591. The highest BCUT2D eigenvalue weighted by molar-refractivity contribution is 5.95. The number of rotatable bonds is 6. The summed E-state index contributed by atoms with van der Waals surface area (Å²) < 4.78 is 5.53. The Bertz CT molecular complexity index is 1130. The number of fused-ring (bicyclic) bond motifs is 1. The van der Waals surface area contributed by atoms with Crippen molar-refractivity contribution < 1.29 is 9.53 Å². The zero-order chi connectivity index (χ0) is 22.6. The predicted molar refractivity (Wildman–Crippen MR) is 128 cm³/mol. The van der Waals surface area contributed by atoms with Crippen LogP contribution in [0.2, 0.25) is 0 Å². The van der Waals surface area contributed by atoms with Gasteiger partial charge in [0.05, 0.1) is 18.9 Å². The molecule has 1 aromatic carbocycles. The van der Waals surface area contributed by atoms with Crippen molar-refractivity contribution in [2.24, 2.45) is 0 Å². The molecule has 8 nitrogen and oxygen atoms in total. The van der Waals surface area contributed by atoms with E-state index in [1.54, 1.807) is 12.4 Å². The van der Waals surface area contributed by atoms with Gasteiger partial charge in [0.1, 0.15) is 5.82 Å². The lowest BCUT2D eigenvalue weighted by atomic mass is 10.0. The minimum Gasteiger partial charge on any atom is -0.378 e. The quantitative estimate of drug-likeness (QED) is 0.625. The third-order valence-corrected chi connectivity index (χ3v) is 6.02. The number of benzene rings is 1. The molecule has 0 atom stereocenters. The molecule has 0 spiro atoms. The number of hydrogen-bond acceptors (Lipinski definition) is 7. The van der Waals surface area contributed by atoms with E-state index < -0.39 is 0 Å². The van der Waals surface area contributed by atoms with Crippen LogP contribution in [0.1, 0.15) is 29.3 Å². The fourth-order valence-electron chi connectivity index (χ4n) is 4.31. The van der Waals surface area contributed by atoms with Crippen LogP contribution in [0.3, 0.4) is 0 Å². The number of amides is 1. The second-order valence-corrected chi connectivity index (χ2v) is 8.22. The number of morpholine rings is 1. The fourth-order valence-corrected chi connectivity index (χ4v) is 4.31. The first-order chi connectivity index (χ1) is 16.2. The highest BCUT2D eigenvalue weighted by Crippen LogP contribution is 2.39. The molecule has 0 bridgehead atoms. The lowest BCUT2D eigenvalue weighted by Gasteiger charge is -2.28. The molecule has 1 fully saturated rings. The van der Waals surface area contributed by atoms with E-state index in [0.29, 0.717) is 31.3 Å². The molecule has 1 N–H and O–H groups in total. The number of aromatic nitrogens is 3.